The average Bonchev–Trinajstić information content (AvgIpc) is 2.37. The highest BCUT2D eigenvalue weighted by molar-refractivity contribution is 9.10. The van der Waals surface area contributed by atoms with Crippen LogP contribution in [-0.2, 0) is 4.74 Å². The molecule has 0 unspecified atom stereocenters. The number of rotatable bonds is 1. The molecule has 1 aromatic rings. The molecule has 5 heteroatoms. The predicted molar refractivity (Wildman–Crippen MR) is 81.7 cm³/mol. The maximum atomic E-state index is 12.0. The normalized spacial score (nSPS) is 17.1. The van der Waals surface area contributed by atoms with Crippen LogP contribution in [0.15, 0.2) is 22.9 Å². The van der Waals surface area contributed by atoms with Crippen molar-refractivity contribution in [2.75, 3.05) is 13.1 Å². The highest BCUT2D eigenvalue weighted by atomic mass is 79.9. The number of aromatic nitrogens is 1. The lowest BCUT2D eigenvalue weighted by Crippen LogP contribution is -2.41. The van der Waals surface area contributed by atoms with Gasteiger partial charge in [0.1, 0.15) is 5.60 Å². The van der Waals surface area contributed by atoms with E-state index in [9.17, 15) is 4.79 Å². The molecule has 0 aliphatic carbocycles. The molecule has 0 radical (unpaired) electrons. The topological polar surface area (TPSA) is 42.4 Å². The van der Waals surface area contributed by atoms with E-state index in [0.29, 0.717) is 5.92 Å². The van der Waals surface area contributed by atoms with Crippen molar-refractivity contribution in [1.82, 2.24) is 9.88 Å². The molecule has 1 amide bonds. The van der Waals surface area contributed by atoms with Gasteiger partial charge in [0.25, 0.3) is 0 Å². The SMILES string of the molecule is CC(C)(C)OC(=O)N1CCC(c2cnccc2Br)CC1. The van der Waals surface area contributed by atoms with E-state index >= 15 is 0 Å². The van der Waals surface area contributed by atoms with Crippen LogP contribution in [-0.4, -0.2) is 34.7 Å². The number of carbonyl (C=O) groups excluding carboxylic acids is 1. The molecule has 0 saturated carbocycles. The van der Waals surface area contributed by atoms with Gasteiger partial charge in [-0.05, 0) is 51.2 Å². The standard InChI is InChI=1S/C15H21BrN2O2/c1-15(2,3)20-14(19)18-8-5-11(6-9-18)12-10-17-7-4-13(12)16/h4,7,10-11H,5-6,8-9H2,1-3H3. The molecule has 0 atom stereocenters. The summed E-state index contributed by atoms with van der Waals surface area (Å²) in [7, 11) is 0. The van der Waals surface area contributed by atoms with Crippen LogP contribution in [0, 0.1) is 0 Å². The zero-order chi connectivity index (χ0) is 14.8. The summed E-state index contributed by atoms with van der Waals surface area (Å²) >= 11 is 3.57. The molecule has 1 aliphatic rings. The number of hydrogen-bond donors (Lipinski definition) is 0. The molecule has 0 N–H and O–H groups in total. The molecule has 0 aromatic carbocycles. The van der Waals surface area contributed by atoms with Crippen LogP contribution in [0.2, 0.25) is 0 Å². The summed E-state index contributed by atoms with van der Waals surface area (Å²) in [5, 5.41) is 0. The van der Waals surface area contributed by atoms with Crippen LogP contribution in [0.5, 0.6) is 0 Å². The Hall–Kier alpha value is -1.10. The second kappa shape index (κ2) is 6.12. The van der Waals surface area contributed by atoms with E-state index in [-0.39, 0.29) is 6.09 Å². The van der Waals surface area contributed by atoms with E-state index in [4.69, 9.17) is 4.74 Å². The number of halogens is 1. The number of hydrogen-bond acceptors (Lipinski definition) is 3. The largest absolute Gasteiger partial charge is 0.444 e. The van der Waals surface area contributed by atoms with Gasteiger partial charge in [-0.25, -0.2) is 4.79 Å². The lowest BCUT2D eigenvalue weighted by Gasteiger charge is -2.33. The van der Waals surface area contributed by atoms with Crippen molar-refractivity contribution in [3.63, 3.8) is 0 Å². The zero-order valence-corrected chi connectivity index (χ0v) is 13.8. The van der Waals surface area contributed by atoms with Gasteiger partial charge in [0.05, 0.1) is 0 Å². The van der Waals surface area contributed by atoms with Crippen molar-refractivity contribution in [2.24, 2.45) is 0 Å². The fourth-order valence-electron chi connectivity index (χ4n) is 2.39. The maximum absolute atomic E-state index is 12.0. The van der Waals surface area contributed by atoms with E-state index < -0.39 is 5.60 Å². The van der Waals surface area contributed by atoms with Crippen molar-refractivity contribution in [2.45, 2.75) is 45.1 Å². The Balaban J connectivity index is 1.93. The third-order valence-electron chi connectivity index (χ3n) is 3.38. The molecule has 20 heavy (non-hydrogen) atoms. The molecule has 0 bridgehead atoms. The summed E-state index contributed by atoms with van der Waals surface area (Å²) in [6, 6.07) is 1.97. The number of nitrogens with zero attached hydrogens (tertiary/aromatic N) is 2. The van der Waals surface area contributed by atoms with E-state index in [2.05, 4.69) is 20.9 Å². The monoisotopic (exact) mass is 340 g/mol. The Labute approximate surface area is 128 Å². The number of ether oxygens (including phenoxy) is 1. The van der Waals surface area contributed by atoms with Crippen molar-refractivity contribution in [3.05, 3.63) is 28.5 Å². The molecule has 4 nitrogen and oxygen atoms in total. The first kappa shape index (κ1) is 15.3. The molecule has 1 aromatic heterocycles. The number of amides is 1. The molecule has 0 spiro atoms. The van der Waals surface area contributed by atoms with Gasteiger partial charge >= 0.3 is 6.09 Å². The van der Waals surface area contributed by atoms with E-state index in [1.54, 1.807) is 11.1 Å². The fraction of sp³-hybridized carbons (Fsp3) is 0.600. The minimum atomic E-state index is -0.430. The Morgan fingerprint density at radius 2 is 2.05 bits per heavy atom. The molecule has 1 aliphatic heterocycles. The van der Waals surface area contributed by atoms with Gasteiger partial charge in [-0.3, -0.25) is 4.98 Å². The Bertz CT molecular complexity index is 477. The Morgan fingerprint density at radius 1 is 1.40 bits per heavy atom. The van der Waals surface area contributed by atoms with Crippen molar-refractivity contribution < 1.29 is 9.53 Å². The Kier molecular flexibility index (Phi) is 4.68. The molecule has 2 heterocycles. The summed E-state index contributed by atoms with van der Waals surface area (Å²) in [6.45, 7) is 7.15. The van der Waals surface area contributed by atoms with Gasteiger partial charge in [-0.15, -0.1) is 0 Å². The summed E-state index contributed by atoms with van der Waals surface area (Å²) in [4.78, 5) is 18.0. The van der Waals surface area contributed by atoms with Gasteiger partial charge in [0.2, 0.25) is 0 Å². The van der Waals surface area contributed by atoms with Crippen molar-refractivity contribution in [3.8, 4) is 0 Å². The summed E-state index contributed by atoms with van der Waals surface area (Å²) in [5.41, 5.74) is 0.802. The highest BCUT2D eigenvalue weighted by Gasteiger charge is 2.28. The number of likely N-dealkylation sites (tertiary alicyclic amines) is 1. The summed E-state index contributed by atoms with van der Waals surface area (Å²) in [6.07, 6.45) is 5.38. The highest BCUT2D eigenvalue weighted by Crippen LogP contribution is 2.32. The summed E-state index contributed by atoms with van der Waals surface area (Å²) in [5.74, 6) is 0.455. The van der Waals surface area contributed by atoms with Crippen molar-refractivity contribution in [1.29, 1.82) is 0 Å². The second-order valence-corrected chi connectivity index (χ2v) is 6.99. The molecular formula is C15H21BrN2O2. The number of carbonyl (C=O) groups is 1. The molecule has 1 fully saturated rings. The fourth-order valence-corrected chi connectivity index (χ4v) is 2.93. The lowest BCUT2D eigenvalue weighted by molar-refractivity contribution is 0.0204. The first-order chi connectivity index (χ1) is 9.37. The van der Waals surface area contributed by atoms with Crippen LogP contribution < -0.4 is 0 Å². The van der Waals surface area contributed by atoms with E-state index in [0.717, 1.165) is 30.4 Å². The Morgan fingerprint density at radius 3 is 2.60 bits per heavy atom. The van der Waals surface area contributed by atoms with Crippen molar-refractivity contribution >= 4 is 22.0 Å². The molecule has 110 valence electrons. The second-order valence-electron chi connectivity index (χ2n) is 6.14. The van der Waals surface area contributed by atoms with Crippen LogP contribution >= 0.6 is 15.9 Å². The molecular weight excluding hydrogens is 320 g/mol. The van der Waals surface area contributed by atoms with Gasteiger partial charge in [-0.2, -0.15) is 0 Å². The first-order valence-corrected chi connectivity index (χ1v) is 7.73. The van der Waals surface area contributed by atoms with E-state index in [1.807, 2.05) is 33.0 Å². The third kappa shape index (κ3) is 3.95. The van der Waals surface area contributed by atoms with Gasteiger partial charge < -0.3 is 9.64 Å². The number of piperidine rings is 1. The number of pyridine rings is 1. The molecule has 2 rings (SSSR count). The quantitative estimate of drug-likeness (QED) is 0.777. The predicted octanol–water partition coefficient (Wildman–Crippen LogP) is 3.96. The van der Waals surface area contributed by atoms with E-state index in [1.165, 1.54) is 5.56 Å². The van der Waals surface area contributed by atoms with Gasteiger partial charge in [0, 0.05) is 30.0 Å². The van der Waals surface area contributed by atoms with Gasteiger partial charge in [0.15, 0.2) is 0 Å². The average molecular weight is 341 g/mol. The smallest absolute Gasteiger partial charge is 0.410 e. The first-order valence-electron chi connectivity index (χ1n) is 6.94. The minimum absolute atomic E-state index is 0.207. The third-order valence-corrected chi connectivity index (χ3v) is 4.10. The van der Waals surface area contributed by atoms with Crippen LogP contribution in [0.25, 0.3) is 0 Å². The summed E-state index contributed by atoms with van der Waals surface area (Å²) < 4.78 is 6.51. The minimum Gasteiger partial charge on any atom is -0.444 e. The van der Waals surface area contributed by atoms with Crippen LogP contribution in [0.4, 0.5) is 4.79 Å². The maximum Gasteiger partial charge on any atom is 0.410 e. The van der Waals surface area contributed by atoms with Crippen LogP contribution in [0.1, 0.15) is 45.1 Å². The molecule has 1 saturated heterocycles. The lowest BCUT2D eigenvalue weighted by atomic mass is 9.91. The zero-order valence-electron chi connectivity index (χ0n) is 12.2. The van der Waals surface area contributed by atoms with Crippen LogP contribution in [0.3, 0.4) is 0 Å². The van der Waals surface area contributed by atoms with Gasteiger partial charge in [-0.1, -0.05) is 15.9 Å².